The van der Waals surface area contributed by atoms with E-state index < -0.39 is 0 Å². The topological polar surface area (TPSA) is 59.6 Å². The predicted molar refractivity (Wildman–Crippen MR) is 72.8 cm³/mol. The third-order valence-electron chi connectivity index (χ3n) is 2.88. The normalized spacial score (nSPS) is 9.75. The monoisotopic (exact) mass is 265 g/mol. The Morgan fingerprint density at radius 2 is 1.70 bits per heavy atom. The van der Waals surface area contributed by atoms with E-state index in [0.29, 0.717) is 29.8 Å². The first-order valence-corrected chi connectivity index (χ1v) is 6.11. The van der Waals surface area contributed by atoms with Gasteiger partial charge in [0.2, 0.25) is 0 Å². The molecule has 1 N–H and O–H groups in total. The first-order chi connectivity index (χ1) is 9.72. The molecule has 0 saturated carbocycles. The van der Waals surface area contributed by atoms with Crippen molar-refractivity contribution in [1.82, 2.24) is 5.32 Å². The average Bonchev–Trinajstić information content (AvgIpc) is 2.49. The second-order valence-corrected chi connectivity index (χ2v) is 4.33. The molecule has 3 nitrogen and oxygen atoms in total. The van der Waals surface area contributed by atoms with Gasteiger partial charge in [0.1, 0.15) is 5.82 Å². The zero-order chi connectivity index (χ0) is 14.4. The van der Waals surface area contributed by atoms with Crippen LogP contribution in [0.2, 0.25) is 0 Å². The summed E-state index contributed by atoms with van der Waals surface area (Å²) in [6.45, 7) is 0.865. The molecule has 0 heterocycles. The molecule has 0 saturated heterocycles. The number of halogens is 1. The summed E-state index contributed by atoms with van der Waals surface area (Å²) in [7, 11) is 0. The van der Waals surface area contributed by atoms with Gasteiger partial charge in [0.05, 0.1) is 23.3 Å². The molecule has 4 heteroatoms. The molecule has 20 heavy (non-hydrogen) atoms. The van der Waals surface area contributed by atoms with Crippen LogP contribution in [-0.4, -0.2) is 0 Å². The van der Waals surface area contributed by atoms with Crippen LogP contribution in [0.3, 0.4) is 0 Å². The van der Waals surface area contributed by atoms with Gasteiger partial charge in [-0.05, 0) is 35.9 Å². The van der Waals surface area contributed by atoms with Crippen molar-refractivity contribution in [1.29, 1.82) is 10.5 Å². The zero-order valence-electron chi connectivity index (χ0n) is 10.7. The van der Waals surface area contributed by atoms with Crippen molar-refractivity contribution in [3.05, 3.63) is 70.5 Å². The van der Waals surface area contributed by atoms with Crippen molar-refractivity contribution in [3.63, 3.8) is 0 Å². The van der Waals surface area contributed by atoms with Gasteiger partial charge in [0.25, 0.3) is 0 Å². The molecule has 0 aromatic heterocycles. The van der Waals surface area contributed by atoms with Crippen molar-refractivity contribution >= 4 is 0 Å². The van der Waals surface area contributed by atoms with Gasteiger partial charge in [-0.15, -0.1) is 0 Å². The lowest BCUT2D eigenvalue weighted by molar-refractivity contribution is 0.587. The lowest BCUT2D eigenvalue weighted by Gasteiger charge is -2.07. The van der Waals surface area contributed by atoms with E-state index in [9.17, 15) is 4.39 Å². The molecule has 0 atom stereocenters. The lowest BCUT2D eigenvalue weighted by Crippen LogP contribution is -2.14. The lowest BCUT2D eigenvalue weighted by atomic mass is 10.1. The van der Waals surface area contributed by atoms with Crippen LogP contribution in [0, 0.1) is 28.5 Å². The average molecular weight is 265 g/mol. The quantitative estimate of drug-likeness (QED) is 0.924. The second-order valence-electron chi connectivity index (χ2n) is 4.33. The fourth-order valence-electron chi connectivity index (χ4n) is 1.87. The number of hydrogen-bond donors (Lipinski definition) is 1. The molecular weight excluding hydrogens is 253 g/mol. The smallest absolute Gasteiger partial charge is 0.127 e. The molecule has 0 aliphatic carbocycles. The Kier molecular flexibility index (Phi) is 4.44. The molecule has 2 aromatic rings. The van der Waals surface area contributed by atoms with E-state index in [2.05, 4.69) is 11.4 Å². The molecular formula is C16H12FN3. The molecule has 0 bridgehead atoms. The van der Waals surface area contributed by atoms with Crippen molar-refractivity contribution in [2.75, 3.05) is 0 Å². The summed E-state index contributed by atoms with van der Waals surface area (Å²) < 4.78 is 13.6. The first kappa shape index (κ1) is 13.7. The van der Waals surface area contributed by atoms with Crippen LogP contribution in [0.15, 0.2) is 42.5 Å². The highest BCUT2D eigenvalue weighted by Crippen LogP contribution is 2.10. The minimum Gasteiger partial charge on any atom is -0.309 e. The highest BCUT2D eigenvalue weighted by molar-refractivity contribution is 5.34. The summed E-state index contributed by atoms with van der Waals surface area (Å²) in [5, 5.41) is 20.7. The number of rotatable bonds is 4. The van der Waals surface area contributed by atoms with Gasteiger partial charge in [0.15, 0.2) is 0 Å². The Morgan fingerprint density at radius 1 is 0.950 bits per heavy atom. The second kappa shape index (κ2) is 6.47. The number of hydrogen-bond acceptors (Lipinski definition) is 3. The Bertz CT molecular complexity index is 696. The molecule has 0 unspecified atom stereocenters. The Morgan fingerprint density at radius 3 is 2.45 bits per heavy atom. The number of benzene rings is 2. The summed E-state index contributed by atoms with van der Waals surface area (Å²) in [6, 6.07) is 15.6. The van der Waals surface area contributed by atoms with Gasteiger partial charge in [-0.2, -0.15) is 10.5 Å². The van der Waals surface area contributed by atoms with Crippen molar-refractivity contribution in [2.45, 2.75) is 13.1 Å². The maximum atomic E-state index is 13.6. The van der Waals surface area contributed by atoms with Gasteiger partial charge < -0.3 is 5.32 Å². The molecule has 0 aliphatic heterocycles. The van der Waals surface area contributed by atoms with Crippen LogP contribution in [0.25, 0.3) is 0 Å². The molecule has 0 fully saturated rings. The minimum absolute atomic E-state index is 0.331. The maximum Gasteiger partial charge on any atom is 0.127 e. The Labute approximate surface area is 116 Å². The summed E-state index contributed by atoms with van der Waals surface area (Å²) in [4.78, 5) is 0. The molecule has 0 spiro atoms. The summed E-state index contributed by atoms with van der Waals surface area (Å²) in [6.07, 6.45) is 0. The largest absolute Gasteiger partial charge is 0.309 e. The Hall–Kier alpha value is -2.69. The number of nitrogens with one attached hydrogen (secondary N) is 1. The van der Waals surface area contributed by atoms with E-state index in [1.807, 2.05) is 18.2 Å². The minimum atomic E-state index is -0.331. The van der Waals surface area contributed by atoms with Gasteiger partial charge >= 0.3 is 0 Å². The van der Waals surface area contributed by atoms with E-state index in [0.717, 1.165) is 5.56 Å². The number of nitriles is 2. The van der Waals surface area contributed by atoms with Gasteiger partial charge in [-0.1, -0.05) is 12.1 Å². The van der Waals surface area contributed by atoms with E-state index >= 15 is 0 Å². The highest BCUT2D eigenvalue weighted by Gasteiger charge is 2.03. The Balaban J connectivity index is 1.99. The SMILES string of the molecule is N#Cc1cccc(CNCc2cc(C#N)ccc2F)c1. The standard InChI is InChI=1S/C16H12FN3/c17-16-5-4-13(9-19)7-15(16)11-20-10-14-3-1-2-12(6-14)8-18/h1-7,20H,10-11H2. The van der Waals surface area contributed by atoms with Crippen LogP contribution in [0.1, 0.15) is 22.3 Å². The molecule has 0 radical (unpaired) electrons. The van der Waals surface area contributed by atoms with Crippen molar-refractivity contribution < 1.29 is 4.39 Å². The van der Waals surface area contributed by atoms with E-state index in [4.69, 9.17) is 10.5 Å². The molecule has 98 valence electrons. The maximum absolute atomic E-state index is 13.6. The molecule has 0 amide bonds. The van der Waals surface area contributed by atoms with Crippen molar-refractivity contribution in [3.8, 4) is 12.1 Å². The van der Waals surface area contributed by atoms with Crippen LogP contribution < -0.4 is 5.32 Å². The summed E-state index contributed by atoms with van der Waals surface area (Å²) in [5.74, 6) is -0.331. The zero-order valence-corrected chi connectivity index (χ0v) is 10.7. The third-order valence-corrected chi connectivity index (χ3v) is 2.88. The van der Waals surface area contributed by atoms with Crippen LogP contribution in [-0.2, 0) is 13.1 Å². The molecule has 2 rings (SSSR count). The van der Waals surface area contributed by atoms with E-state index in [1.54, 1.807) is 12.1 Å². The summed E-state index contributed by atoms with van der Waals surface area (Å²) >= 11 is 0. The van der Waals surface area contributed by atoms with Crippen LogP contribution >= 0.6 is 0 Å². The van der Waals surface area contributed by atoms with Crippen LogP contribution in [0.5, 0.6) is 0 Å². The van der Waals surface area contributed by atoms with E-state index in [-0.39, 0.29) is 5.82 Å². The predicted octanol–water partition coefficient (Wildman–Crippen LogP) is 2.86. The first-order valence-electron chi connectivity index (χ1n) is 6.11. The third kappa shape index (κ3) is 3.41. The number of nitrogens with zero attached hydrogens (tertiary/aromatic N) is 2. The van der Waals surface area contributed by atoms with Crippen LogP contribution in [0.4, 0.5) is 4.39 Å². The molecule has 0 aliphatic rings. The fourth-order valence-corrected chi connectivity index (χ4v) is 1.87. The fraction of sp³-hybridized carbons (Fsp3) is 0.125. The molecule has 2 aromatic carbocycles. The van der Waals surface area contributed by atoms with Gasteiger partial charge in [0, 0.05) is 18.7 Å². The van der Waals surface area contributed by atoms with E-state index in [1.165, 1.54) is 18.2 Å². The highest BCUT2D eigenvalue weighted by atomic mass is 19.1. The summed E-state index contributed by atoms with van der Waals surface area (Å²) in [5.41, 5.74) is 2.46. The van der Waals surface area contributed by atoms with Gasteiger partial charge in [-0.3, -0.25) is 0 Å². The van der Waals surface area contributed by atoms with Crippen molar-refractivity contribution in [2.24, 2.45) is 0 Å². The van der Waals surface area contributed by atoms with Gasteiger partial charge in [-0.25, -0.2) is 4.39 Å².